The van der Waals surface area contributed by atoms with Gasteiger partial charge < -0.3 is 5.32 Å². The maximum Gasteiger partial charge on any atom is 0.0221 e. The maximum atomic E-state index is 3.78. The second-order valence-electron chi connectivity index (χ2n) is 2.65. The molecule has 0 amide bonds. The Bertz CT molecular complexity index is 114. The Balaban J connectivity index is 0.000000183. The van der Waals surface area contributed by atoms with E-state index in [1.54, 1.807) is 12.4 Å². The van der Waals surface area contributed by atoms with Crippen LogP contribution in [0, 0.1) is 5.92 Å². The van der Waals surface area contributed by atoms with Crippen LogP contribution in [0.4, 0.5) is 0 Å². The molecule has 0 aromatic rings. The summed E-state index contributed by atoms with van der Waals surface area (Å²) in [5, 5.41) is 3.16. The molecule has 1 aliphatic rings. The van der Waals surface area contributed by atoms with Crippen LogP contribution in [0.25, 0.3) is 0 Å². The van der Waals surface area contributed by atoms with E-state index in [-0.39, 0.29) is 0 Å². The molecule has 0 aromatic heterocycles. The van der Waals surface area contributed by atoms with Crippen LogP contribution in [0.3, 0.4) is 0 Å². The molecule has 0 spiro atoms. The van der Waals surface area contributed by atoms with Crippen LogP contribution in [-0.2, 0) is 0 Å². The molecule has 2 heteroatoms. The molecule has 11 heavy (non-hydrogen) atoms. The third-order valence-corrected chi connectivity index (χ3v) is 1.37. The highest BCUT2D eigenvalue weighted by Gasteiger charge is 2.07. The van der Waals surface area contributed by atoms with Crippen molar-refractivity contribution in [1.82, 2.24) is 5.32 Å². The standard InChI is InChI=1S/C5H9N.C4H9N/c1-3-5-6-4-2;1-4-2-5-3-4/h3-5H,1-2H3;4-5H,2-3H2,1H3/b5-3-,6-4?;. The molecule has 0 atom stereocenters. The smallest absolute Gasteiger partial charge is 0.0221 e. The van der Waals surface area contributed by atoms with Gasteiger partial charge in [0.2, 0.25) is 0 Å². The maximum absolute atomic E-state index is 3.78. The number of allylic oxidation sites excluding steroid dienone is 1. The van der Waals surface area contributed by atoms with E-state index in [0.29, 0.717) is 0 Å². The molecule has 0 radical (unpaired) electrons. The summed E-state index contributed by atoms with van der Waals surface area (Å²) in [5.74, 6) is 0.954. The summed E-state index contributed by atoms with van der Waals surface area (Å²) in [4.78, 5) is 3.78. The van der Waals surface area contributed by atoms with Crippen LogP contribution in [0.2, 0.25) is 0 Å². The molecule has 2 nitrogen and oxygen atoms in total. The number of rotatable bonds is 1. The Morgan fingerprint density at radius 1 is 1.36 bits per heavy atom. The van der Waals surface area contributed by atoms with Crippen molar-refractivity contribution in [2.45, 2.75) is 20.8 Å². The highest BCUT2D eigenvalue weighted by molar-refractivity contribution is 5.54. The molecule has 1 rings (SSSR count). The number of aliphatic imine (C=N–C) groups is 1. The van der Waals surface area contributed by atoms with Gasteiger partial charge in [-0.05, 0) is 32.9 Å². The largest absolute Gasteiger partial charge is 0.316 e. The summed E-state index contributed by atoms with van der Waals surface area (Å²) in [5.41, 5.74) is 0. The lowest BCUT2D eigenvalue weighted by Crippen LogP contribution is -2.39. The van der Waals surface area contributed by atoms with Gasteiger partial charge in [-0.2, -0.15) is 0 Å². The molecule has 1 fully saturated rings. The van der Waals surface area contributed by atoms with Crippen molar-refractivity contribution in [2.75, 3.05) is 13.1 Å². The van der Waals surface area contributed by atoms with Gasteiger partial charge in [0.05, 0.1) is 0 Å². The van der Waals surface area contributed by atoms with Gasteiger partial charge in [0.15, 0.2) is 0 Å². The number of hydrogen-bond acceptors (Lipinski definition) is 2. The molecule has 1 aliphatic heterocycles. The molecular weight excluding hydrogens is 136 g/mol. The topological polar surface area (TPSA) is 24.4 Å². The minimum absolute atomic E-state index is 0.954. The Morgan fingerprint density at radius 3 is 2.00 bits per heavy atom. The van der Waals surface area contributed by atoms with Gasteiger partial charge >= 0.3 is 0 Å². The first-order valence-electron chi connectivity index (χ1n) is 4.11. The van der Waals surface area contributed by atoms with Crippen molar-refractivity contribution < 1.29 is 0 Å². The quantitative estimate of drug-likeness (QED) is 0.573. The van der Waals surface area contributed by atoms with Crippen molar-refractivity contribution >= 4 is 6.21 Å². The Hall–Kier alpha value is -0.630. The highest BCUT2D eigenvalue weighted by atomic mass is 14.9. The molecule has 64 valence electrons. The van der Waals surface area contributed by atoms with E-state index in [1.165, 1.54) is 13.1 Å². The van der Waals surface area contributed by atoms with E-state index < -0.39 is 0 Å². The third-order valence-electron chi connectivity index (χ3n) is 1.37. The Kier molecular flexibility index (Phi) is 7.05. The van der Waals surface area contributed by atoms with Gasteiger partial charge in [0, 0.05) is 12.4 Å². The first-order chi connectivity index (χ1) is 5.31. The van der Waals surface area contributed by atoms with E-state index in [4.69, 9.17) is 0 Å². The fourth-order valence-corrected chi connectivity index (χ4v) is 0.605. The molecule has 0 bridgehead atoms. The summed E-state index contributed by atoms with van der Waals surface area (Å²) in [7, 11) is 0. The summed E-state index contributed by atoms with van der Waals surface area (Å²) < 4.78 is 0. The first kappa shape index (κ1) is 10.4. The third kappa shape index (κ3) is 7.26. The lowest BCUT2D eigenvalue weighted by atomic mass is 10.1. The normalized spacial score (nSPS) is 18.1. The summed E-state index contributed by atoms with van der Waals surface area (Å²) >= 11 is 0. The van der Waals surface area contributed by atoms with Crippen molar-refractivity contribution in [1.29, 1.82) is 0 Å². The SMILES string of the molecule is CC1CNC1.CC=N/C=C\C. The zero-order valence-electron chi connectivity index (χ0n) is 7.67. The molecular formula is C9H18N2. The lowest BCUT2D eigenvalue weighted by Gasteiger charge is -2.21. The van der Waals surface area contributed by atoms with Crippen LogP contribution >= 0.6 is 0 Å². The summed E-state index contributed by atoms with van der Waals surface area (Å²) in [6.07, 6.45) is 5.39. The molecule has 1 heterocycles. The van der Waals surface area contributed by atoms with Crippen LogP contribution in [0.15, 0.2) is 17.3 Å². The van der Waals surface area contributed by atoms with Crippen molar-refractivity contribution in [3.05, 3.63) is 12.3 Å². The second-order valence-corrected chi connectivity index (χ2v) is 2.65. The van der Waals surface area contributed by atoms with Gasteiger partial charge in [0.25, 0.3) is 0 Å². The van der Waals surface area contributed by atoms with Gasteiger partial charge in [-0.1, -0.05) is 13.0 Å². The minimum atomic E-state index is 0.954. The summed E-state index contributed by atoms with van der Waals surface area (Å²) in [6, 6.07) is 0. The van der Waals surface area contributed by atoms with Crippen LogP contribution in [-0.4, -0.2) is 19.3 Å². The molecule has 1 saturated heterocycles. The average Bonchev–Trinajstić information content (AvgIpc) is 1.98. The number of hydrogen-bond donors (Lipinski definition) is 1. The monoisotopic (exact) mass is 154 g/mol. The van der Waals surface area contributed by atoms with E-state index in [0.717, 1.165) is 5.92 Å². The molecule has 0 aromatic carbocycles. The molecule has 0 saturated carbocycles. The van der Waals surface area contributed by atoms with Crippen LogP contribution < -0.4 is 5.32 Å². The van der Waals surface area contributed by atoms with Crippen LogP contribution in [0.5, 0.6) is 0 Å². The van der Waals surface area contributed by atoms with E-state index in [2.05, 4.69) is 17.2 Å². The zero-order chi connectivity index (χ0) is 8.53. The van der Waals surface area contributed by atoms with Crippen LogP contribution in [0.1, 0.15) is 20.8 Å². The minimum Gasteiger partial charge on any atom is -0.316 e. The van der Waals surface area contributed by atoms with Crippen molar-refractivity contribution in [2.24, 2.45) is 10.9 Å². The molecule has 0 unspecified atom stereocenters. The average molecular weight is 154 g/mol. The first-order valence-corrected chi connectivity index (χ1v) is 4.11. The van der Waals surface area contributed by atoms with E-state index >= 15 is 0 Å². The van der Waals surface area contributed by atoms with E-state index in [9.17, 15) is 0 Å². The zero-order valence-corrected chi connectivity index (χ0v) is 7.67. The lowest BCUT2D eigenvalue weighted by molar-refractivity contribution is 0.379. The Labute approximate surface area is 69.4 Å². The van der Waals surface area contributed by atoms with Gasteiger partial charge in [-0.3, -0.25) is 4.99 Å². The fraction of sp³-hybridized carbons (Fsp3) is 0.667. The molecule has 0 aliphatic carbocycles. The van der Waals surface area contributed by atoms with Gasteiger partial charge in [0.1, 0.15) is 0 Å². The van der Waals surface area contributed by atoms with Gasteiger partial charge in [-0.15, -0.1) is 0 Å². The number of nitrogens with one attached hydrogen (secondary N) is 1. The predicted octanol–water partition coefficient (Wildman–Crippen LogP) is 1.84. The predicted molar refractivity (Wildman–Crippen MR) is 51.0 cm³/mol. The second kappa shape index (κ2) is 7.48. The van der Waals surface area contributed by atoms with Gasteiger partial charge in [-0.25, -0.2) is 0 Å². The highest BCUT2D eigenvalue weighted by Crippen LogP contribution is 1.96. The molecule has 1 N–H and O–H groups in total. The van der Waals surface area contributed by atoms with Crippen molar-refractivity contribution in [3.63, 3.8) is 0 Å². The number of nitrogens with zero attached hydrogens (tertiary/aromatic N) is 1. The van der Waals surface area contributed by atoms with E-state index in [1.807, 2.05) is 19.9 Å². The van der Waals surface area contributed by atoms with Crippen molar-refractivity contribution in [3.8, 4) is 0 Å². The Morgan fingerprint density at radius 2 is 1.91 bits per heavy atom. The summed E-state index contributed by atoms with van der Waals surface area (Å²) in [6.45, 7) is 8.55. The fourth-order valence-electron chi connectivity index (χ4n) is 0.605.